The van der Waals surface area contributed by atoms with E-state index in [2.05, 4.69) is 16.0 Å². The van der Waals surface area contributed by atoms with Crippen LogP contribution in [-0.4, -0.2) is 65.2 Å². The molecule has 4 unspecified atom stereocenters. The smallest absolute Gasteiger partial charge is 0.326 e. The third kappa shape index (κ3) is 6.91. The average molecular weight is 631 g/mol. The van der Waals surface area contributed by atoms with E-state index in [1.165, 1.54) is 7.11 Å². The number of fused-ring (bicyclic) bond motifs is 9. The Morgan fingerprint density at radius 2 is 1.61 bits per heavy atom. The van der Waals surface area contributed by atoms with E-state index in [4.69, 9.17) is 15.2 Å². The van der Waals surface area contributed by atoms with E-state index in [9.17, 15) is 29.4 Å². The molecule has 0 radical (unpaired) electrons. The Morgan fingerprint density at radius 1 is 0.913 bits per heavy atom. The molecule has 0 aliphatic carbocycles. The van der Waals surface area contributed by atoms with Gasteiger partial charge in [-0.05, 0) is 65.4 Å². The largest absolute Gasteiger partial charge is 0.504 e. The first-order chi connectivity index (χ1) is 22.0. The lowest BCUT2D eigenvalue weighted by atomic mass is 9.94. The van der Waals surface area contributed by atoms with Crippen LogP contribution < -0.4 is 31.2 Å². The number of carboxylic acid groups (broad SMARTS) is 1. The molecule has 0 aromatic heterocycles. The summed E-state index contributed by atoms with van der Waals surface area (Å²) in [6.45, 7) is 3.67. The Labute approximate surface area is 266 Å². The minimum absolute atomic E-state index is 0.0255. The molecule has 3 aliphatic rings. The first-order valence-corrected chi connectivity index (χ1v) is 15.2. The van der Waals surface area contributed by atoms with Gasteiger partial charge in [0.2, 0.25) is 17.7 Å². The van der Waals surface area contributed by atoms with E-state index in [1.54, 1.807) is 61.5 Å². The quantitative estimate of drug-likeness (QED) is 0.252. The molecule has 3 heterocycles. The summed E-state index contributed by atoms with van der Waals surface area (Å²) in [6, 6.07) is 10.5. The van der Waals surface area contributed by atoms with Crippen molar-refractivity contribution < 1.29 is 38.9 Å². The Balaban J connectivity index is 1.74. The van der Waals surface area contributed by atoms with Crippen LogP contribution in [0.15, 0.2) is 54.6 Å². The fourth-order valence-electron chi connectivity index (χ4n) is 5.70. The monoisotopic (exact) mass is 630 g/mol. The van der Waals surface area contributed by atoms with Crippen molar-refractivity contribution in [2.45, 2.75) is 63.7 Å². The molecule has 3 aliphatic heterocycles. The minimum atomic E-state index is -1.29. The summed E-state index contributed by atoms with van der Waals surface area (Å²) in [7, 11) is 1.49. The molecule has 3 aromatic carbocycles. The molecule has 46 heavy (non-hydrogen) atoms. The number of hydrogen-bond acceptors (Lipinski definition) is 8. The molecular formula is C34H38N4O8. The summed E-state index contributed by atoms with van der Waals surface area (Å²) in [5.41, 5.74) is 8.91. The van der Waals surface area contributed by atoms with E-state index < -0.39 is 47.9 Å². The van der Waals surface area contributed by atoms with Gasteiger partial charge in [0, 0.05) is 24.0 Å². The van der Waals surface area contributed by atoms with Gasteiger partial charge in [0.25, 0.3) is 0 Å². The zero-order valence-corrected chi connectivity index (χ0v) is 25.8. The van der Waals surface area contributed by atoms with E-state index in [0.717, 1.165) is 0 Å². The third-order valence-electron chi connectivity index (χ3n) is 8.55. The summed E-state index contributed by atoms with van der Waals surface area (Å²) in [6.07, 6.45) is 0.527. The maximum absolute atomic E-state index is 13.8. The van der Waals surface area contributed by atoms with Crippen LogP contribution in [-0.2, 0) is 38.4 Å². The predicted molar refractivity (Wildman–Crippen MR) is 169 cm³/mol. The zero-order chi connectivity index (χ0) is 33.1. The zero-order valence-electron chi connectivity index (χ0n) is 25.8. The highest BCUT2D eigenvalue weighted by Gasteiger charge is 2.34. The third-order valence-corrected chi connectivity index (χ3v) is 8.55. The maximum Gasteiger partial charge on any atom is 0.326 e. The molecule has 7 N–H and O–H groups in total. The number of carbonyl (C=O) groups excluding carboxylic acids is 3. The molecule has 8 bridgehead atoms. The van der Waals surface area contributed by atoms with Crippen LogP contribution in [0, 0.1) is 5.92 Å². The molecule has 3 amide bonds. The molecule has 242 valence electrons. The van der Waals surface area contributed by atoms with Gasteiger partial charge in [0.1, 0.15) is 29.6 Å². The van der Waals surface area contributed by atoms with Crippen LogP contribution in [0.5, 0.6) is 23.0 Å². The number of rotatable bonds is 4. The van der Waals surface area contributed by atoms with Gasteiger partial charge in [0.05, 0.1) is 13.2 Å². The molecule has 12 heteroatoms. The van der Waals surface area contributed by atoms with Crippen molar-refractivity contribution in [3.63, 3.8) is 0 Å². The van der Waals surface area contributed by atoms with Crippen LogP contribution in [0.25, 0.3) is 11.1 Å². The fourth-order valence-corrected chi connectivity index (χ4v) is 5.70. The van der Waals surface area contributed by atoms with Crippen molar-refractivity contribution in [3.05, 3.63) is 71.3 Å². The van der Waals surface area contributed by atoms with Gasteiger partial charge in [-0.2, -0.15) is 0 Å². The van der Waals surface area contributed by atoms with Gasteiger partial charge in [-0.3, -0.25) is 14.4 Å². The predicted octanol–water partition coefficient (Wildman–Crippen LogP) is 2.43. The molecule has 6 rings (SSSR count). The summed E-state index contributed by atoms with van der Waals surface area (Å²) in [5.74, 6) is -2.78. The van der Waals surface area contributed by atoms with E-state index in [-0.39, 0.29) is 36.7 Å². The van der Waals surface area contributed by atoms with Crippen LogP contribution in [0.2, 0.25) is 0 Å². The van der Waals surface area contributed by atoms with Crippen LogP contribution in [0.3, 0.4) is 0 Å². The molecular weight excluding hydrogens is 592 g/mol. The number of ether oxygens (including phenoxy) is 2. The number of aromatic hydroxyl groups is 1. The lowest BCUT2D eigenvalue weighted by Crippen LogP contribution is -2.59. The summed E-state index contributed by atoms with van der Waals surface area (Å²) >= 11 is 0. The van der Waals surface area contributed by atoms with Crippen molar-refractivity contribution in [1.82, 2.24) is 16.0 Å². The number of carbonyl (C=O) groups is 4. The highest BCUT2D eigenvalue weighted by atomic mass is 16.5. The van der Waals surface area contributed by atoms with Crippen molar-refractivity contribution in [1.29, 1.82) is 0 Å². The van der Waals surface area contributed by atoms with Gasteiger partial charge in [-0.1, -0.05) is 38.5 Å². The molecule has 12 nitrogen and oxygen atoms in total. The second-order valence-electron chi connectivity index (χ2n) is 11.8. The second kappa shape index (κ2) is 13.5. The van der Waals surface area contributed by atoms with Crippen molar-refractivity contribution >= 4 is 23.7 Å². The van der Waals surface area contributed by atoms with Crippen LogP contribution in [0.1, 0.15) is 37.0 Å². The molecule has 0 saturated carbocycles. The van der Waals surface area contributed by atoms with Crippen molar-refractivity contribution in [3.8, 4) is 34.1 Å². The van der Waals surface area contributed by atoms with Crippen molar-refractivity contribution in [2.24, 2.45) is 11.7 Å². The van der Waals surface area contributed by atoms with E-state index in [1.807, 2.05) is 6.92 Å². The van der Waals surface area contributed by atoms with Gasteiger partial charge in [0.15, 0.2) is 11.5 Å². The van der Waals surface area contributed by atoms with Gasteiger partial charge in [-0.15, -0.1) is 0 Å². The fraction of sp³-hybridized carbons (Fsp3) is 0.353. The van der Waals surface area contributed by atoms with Crippen molar-refractivity contribution in [2.75, 3.05) is 7.11 Å². The number of nitrogens with two attached hydrogens (primary N) is 1. The Hall–Kier alpha value is -5.10. The van der Waals surface area contributed by atoms with Gasteiger partial charge in [-0.25, -0.2) is 4.79 Å². The summed E-state index contributed by atoms with van der Waals surface area (Å²) in [5, 5.41) is 29.6. The number of amides is 3. The lowest BCUT2D eigenvalue weighted by Gasteiger charge is -2.28. The molecule has 0 saturated heterocycles. The van der Waals surface area contributed by atoms with Gasteiger partial charge < -0.3 is 41.4 Å². The highest BCUT2D eigenvalue weighted by molar-refractivity contribution is 5.94. The number of carboxylic acids is 1. The molecule has 0 fully saturated rings. The number of benzene rings is 3. The molecule has 0 spiro atoms. The van der Waals surface area contributed by atoms with Crippen LogP contribution >= 0.6 is 0 Å². The van der Waals surface area contributed by atoms with E-state index >= 15 is 0 Å². The second-order valence-corrected chi connectivity index (χ2v) is 11.8. The summed E-state index contributed by atoms with van der Waals surface area (Å²) in [4.78, 5) is 53.1. The maximum atomic E-state index is 13.8. The normalized spacial score (nSPS) is 22.3. The lowest BCUT2D eigenvalue weighted by molar-refractivity contribution is -0.142. The highest BCUT2D eigenvalue weighted by Crippen LogP contribution is 2.44. The molecule has 5 atom stereocenters. The number of aliphatic carboxylic acids is 1. The number of phenolic OH excluding ortho intramolecular Hbond substituents is 1. The number of methoxy groups -OCH3 is 1. The number of nitrogens with one attached hydrogen (secondary N) is 3. The first-order valence-electron chi connectivity index (χ1n) is 15.2. The van der Waals surface area contributed by atoms with Gasteiger partial charge >= 0.3 is 5.97 Å². The Morgan fingerprint density at radius 3 is 2.28 bits per heavy atom. The van der Waals surface area contributed by atoms with Crippen LogP contribution in [0.4, 0.5) is 0 Å². The molecule has 3 aromatic rings. The van der Waals surface area contributed by atoms with E-state index in [0.29, 0.717) is 45.7 Å². The number of phenols is 1. The number of hydrogen-bond donors (Lipinski definition) is 6. The Bertz CT molecular complexity index is 1660. The SMILES string of the molecule is CCC(C)[C@@H]1NC(=O)C(N)Cc2ccc(OC)c(c2)-c2cc3cc(c2O)Oc2ccc(cc2)CC(C(=O)O)NC(=O)C(C3)NC1=O. The first kappa shape index (κ1) is 32.3. The summed E-state index contributed by atoms with van der Waals surface area (Å²) < 4.78 is 11.8. The topological polar surface area (TPSA) is 189 Å². The standard InChI is InChI=1S/C34H38N4O8/c1-4-17(2)29-33(42)36-25-15-20-12-23(22-11-19(7-10-27(22)45-3)13-24(35)31(40)38-29)30(39)28(16-20)46-21-8-5-18(6-9-21)14-26(34(43)44)37-32(25)41/h5-12,16-17,24-26,29,39H,4,13-15,35H2,1-3H3,(H,36,42)(H,37,41)(H,38,40)(H,43,44)/t17?,24?,25?,26?,29-/m0/s1. The minimum Gasteiger partial charge on any atom is -0.504 e. The average Bonchev–Trinajstić information content (AvgIpc) is 3.03. The Kier molecular flexibility index (Phi) is 9.47.